The molecule has 0 radical (unpaired) electrons. The molecule has 6 nitrogen and oxygen atoms in total. The molecule has 0 saturated carbocycles. The summed E-state index contributed by atoms with van der Waals surface area (Å²) >= 11 is 0. The molecule has 0 spiro atoms. The normalized spacial score (nSPS) is 11.8. The summed E-state index contributed by atoms with van der Waals surface area (Å²) in [5.74, 6) is 0.0465. The van der Waals surface area contributed by atoms with Gasteiger partial charge in [-0.3, -0.25) is 0 Å². The lowest BCUT2D eigenvalue weighted by atomic mass is 10.0. The van der Waals surface area contributed by atoms with E-state index in [9.17, 15) is 9.90 Å². The van der Waals surface area contributed by atoms with Gasteiger partial charge in [-0.25, -0.2) is 4.79 Å². The third kappa shape index (κ3) is 3.04. The van der Waals surface area contributed by atoms with Crippen molar-refractivity contribution in [1.82, 2.24) is 0 Å². The number of ether oxygens (including phenoxy) is 3. The van der Waals surface area contributed by atoms with E-state index in [2.05, 4.69) is 0 Å². The zero-order valence-corrected chi connectivity index (χ0v) is 10.5. The fraction of sp³-hybridized carbons (Fsp3) is 0.417. The van der Waals surface area contributed by atoms with Crippen LogP contribution in [0.15, 0.2) is 12.1 Å². The van der Waals surface area contributed by atoms with Gasteiger partial charge in [0.15, 0.2) is 6.10 Å². The fourth-order valence-electron chi connectivity index (χ4n) is 1.56. The van der Waals surface area contributed by atoms with Crippen molar-refractivity contribution in [2.24, 2.45) is 0 Å². The van der Waals surface area contributed by atoms with Crippen molar-refractivity contribution in [2.75, 3.05) is 21.3 Å². The Kier molecular flexibility index (Phi) is 4.79. The van der Waals surface area contributed by atoms with Gasteiger partial charge in [-0.1, -0.05) is 0 Å². The largest absolute Gasteiger partial charge is 0.496 e. The van der Waals surface area contributed by atoms with Crippen molar-refractivity contribution in [3.8, 4) is 17.2 Å². The number of methoxy groups -OCH3 is 3. The molecule has 1 unspecified atom stereocenters. The summed E-state index contributed by atoms with van der Waals surface area (Å²) in [5, 5.41) is 18.1. The Balaban J connectivity index is 3.18. The zero-order valence-electron chi connectivity index (χ0n) is 10.5. The molecule has 0 heterocycles. The average molecular weight is 256 g/mol. The summed E-state index contributed by atoms with van der Waals surface area (Å²) < 4.78 is 15.4. The van der Waals surface area contributed by atoms with Crippen LogP contribution in [0.3, 0.4) is 0 Å². The van der Waals surface area contributed by atoms with Gasteiger partial charge in [0.05, 0.1) is 21.3 Å². The van der Waals surface area contributed by atoms with Gasteiger partial charge < -0.3 is 24.4 Å². The minimum absolute atomic E-state index is 0.105. The first-order valence-electron chi connectivity index (χ1n) is 5.23. The first-order chi connectivity index (χ1) is 8.53. The summed E-state index contributed by atoms with van der Waals surface area (Å²) in [6.07, 6.45) is -1.62. The molecule has 100 valence electrons. The molecule has 1 aromatic rings. The predicted molar refractivity (Wildman–Crippen MR) is 63.4 cm³/mol. The average Bonchev–Trinajstić information content (AvgIpc) is 2.38. The van der Waals surface area contributed by atoms with Crippen molar-refractivity contribution in [1.29, 1.82) is 0 Å². The molecule has 1 rings (SSSR count). The molecular weight excluding hydrogens is 240 g/mol. The Morgan fingerprint density at radius 1 is 1.17 bits per heavy atom. The second-order valence-corrected chi connectivity index (χ2v) is 3.57. The molecule has 2 N–H and O–H groups in total. The number of hydrogen-bond acceptors (Lipinski definition) is 5. The number of aliphatic carboxylic acids is 1. The van der Waals surface area contributed by atoms with Crippen LogP contribution in [0.2, 0.25) is 0 Å². The Morgan fingerprint density at radius 2 is 1.67 bits per heavy atom. The number of hydrogen-bond donors (Lipinski definition) is 2. The van der Waals surface area contributed by atoms with Crippen LogP contribution in [0.1, 0.15) is 5.56 Å². The Morgan fingerprint density at radius 3 is 2.00 bits per heavy atom. The quantitative estimate of drug-likeness (QED) is 0.779. The van der Waals surface area contributed by atoms with Crippen molar-refractivity contribution < 1.29 is 29.2 Å². The summed E-state index contributed by atoms with van der Waals surface area (Å²) in [6, 6.07) is 3.21. The van der Waals surface area contributed by atoms with Gasteiger partial charge in [-0.15, -0.1) is 0 Å². The van der Waals surface area contributed by atoms with Crippen LogP contribution >= 0.6 is 0 Å². The molecule has 0 aliphatic carbocycles. The minimum atomic E-state index is -1.51. The smallest absolute Gasteiger partial charge is 0.332 e. The standard InChI is InChI=1S/C12H16O6/c1-16-7-4-10(17-2)8(11(5-7)18-3)6-9(13)12(14)15/h4-5,9,13H,6H2,1-3H3,(H,14,15). The number of carboxylic acid groups (broad SMARTS) is 1. The first kappa shape index (κ1) is 14.1. The number of aliphatic hydroxyl groups is 1. The monoisotopic (exact) mass is 256 g/mol. The molecule has 6 heteroatoms. The molecule has 0 saturated heterocycles. The maximum Gasteiger partial charge on any atom is 0.332 e. The molecule has 0 aliphatic rings. The molecule has 0 aromatic heterocycles. The van der Waals surface area contributed by atoms with E-state index in [0.717, 1.165) is 0 Å². The van der Waals surface area contributed by atoms with Crippen molar-refractivity contribution in [3.05, 3.63) is 17.7 Å². The highest BCUT2D eigenvalue weighted by Crippen LogP contribution is 2.34. The van der Waals surface area contributed by atoms with E-state index in [4.69, 9.17) is 19.3 Å². The van der Waals surface area contributed by atoms with E-state index in [1.165, 1.54) is 21.3 Å². The molecule has 0 fully saturated rings. The van der Waals surface area contributed by atoms with Crippen LogP contribution in [-0.4, -0.2) is 43.6 Å². The van der Waals surface area contributed by atoms with Gasteiger partial charge >= 0.3 is 5.97 Å². The topological polar surface area (TPSA) is 85.2 Å². The highest BCUT2D eigenvalue weighted by Gasteiger charge is 2.21. The Labute approximate surface area is 105 Å². The minimum Gasteiger partial charge on any atom is -0.496 e. The van der Waals surface area contributed by atoms with Gasteiger partial charge in [0.25, 0.3) is 0 Å². The maximum atomic E-state index is 10.7. The number of benzene rings is 1. The first-order valence-corrected chi connectivity index (χ1v) is 5.23. The second-order valence-electron chi connectivity index (χ2n) is 3.57. The van der Waals surface area contributed by atoms with E-state index >= 15 is 0 Å². The van der Waals surface area contributed by atoms with E-state index in [-0.39, 0.29) is 6.42 Å². The van der Waals surface area contributed by atoms with Crippen LogP contribution in [0, 0.1) is 0 Å². The third-order valence-corrected chi connectivity index (χ3v) is 2.50. The summed E-state index contributed by atoms with van der Waals surface area (Å²) in [4.78, 5) is 10.7. The lowest BCUT2D eigenvalue weighted by Crippen LogP contribution is -2.22. The lowest BCUT2D eigenvalue weighted by molar-refractivity contribution is -0.146. The van der Waals surface area contributed by atoms with E-state index < -0.39 is 12.1 Å². The number of aliphatic hydroxyl groups excluding tert-OH is 1. The second kappa shape index (κ2) is 6.11. The molecule has 18 heavy (non-hydrogen) atoms. The highest BCUT2D eigenvalue weighted by molar-refractivity contribution is 5.73. The number of rotatable bonds is 6. The Hall–Kier alpha value is -1.95. The van der Waals surface area contributed by atoms with Crippen molar-refractivity contribution >= 4 is 5.97 Å². The van der Waals surface area contributed by atoms with Gasteiger partial charge in [0.1, 0.15) is 17.2 Å². The summed E-state index contributed by atoms with van der Waals surface area (Å²) in [7, 11) is 4.40. The molecule has 0 bridgehead atoms. The zero-order chi connectivity index (χ0) is 13.7. The molecular formula is C12H16O6. The van der Waals surface area contributed by atoms with Gasteiger partial charge in [0, 0.05) is 24.1 Å². The lowest BCUT2D eigenvalue weighted by Gasteiger charge is -2.16. The van der Waals surface area contributed by atoms with Crippen LogP contribution in [0.4, 0.5) is 0 Å². The summed E-state index contributed by atoms with van der Waals surface area (Å²) in [6.45, 7) is 0. The number of carbonyl (C=O) groups is 1. The Bertz CT molecular complexity index is 404. The molecule has 1 aromatic carbocycles. The predicted octanol–water partition coefficient (Wildman–Crippen LogP) is 0.700. The summed E-state index contributed by atoms with van der Waals surface area (Å²) in [5.41, 5.74) is 0.482. The molecule has 0 amide bonds. The molecule has 0 aliphatic heterocycles. The number of carboxylic acids is 1. The van der Waals surface area contributed by atoms with Gasteiger partial charge in [0.2, 0.25) is 0 Å². The fourth-order valence-corrected chi connectivity index (χ4v) is 1.56. The van der Waals surface area contributed by atoms with E-state index in [1.807, 2.05) is 0 Å². The van der Waals surface area contributed by atoms with E-state index in [0.29, 0.717) is 22.8 Å². The van der Waals surface area contributed by atoms with Crippen molar-refractivity contribution in [3.63, 3.8) is 0 Å². The van der Waals surface area contributed by atoms with E-state index in [1.54, 1.807) is 12.1 Å². The van der Waals surface area contributed by atoms with Crippen LogP contribution in [-0.2, 0) is 11.2 Å². The van der Waals surface area contributed by atoms with Gasteiger partial charge in [-0.05, 0) is 0 Å². The molecule has 1 atom stereocenters. The third-order valence-electron chi connectivity index (χ3n) is 2.50. The van der Waals surface area contributed by atoms with Crippen molar-refractivity contribution in [2.45, 2.75) is 12.5 Å². The highest BCUT2D eigenvalue weighted by atomic mass is 16.5. The SMILES string of the molecule is COc1cc(OC)c(CC(O)C(=O)O)c(OC)c1. The maximum absolute atomic E-state index is 10.7. The van der Waals surface area contributed by atoms with Crippen LogP contribution in [0.25, 0.3) is 0 Å². The van der Waals surface area contributed by atoms with Crippen LogP contribution in [0.5, 0.6) is 17.2 Å². The van der Waals surface area contributed by atoms with Crippen LogP contribution < -0.4 is 14.2 Å². The van der Waals surface area contributed by atoms with Gasteiger partial charge in [-0.2, -0.15) is 0 Å².